The minimum absolute atomic E-state index is 0.501. The smallest absolute Gasteiger partial charge is 0.196 e. The van der Waals surface area contributed by atoms with Crippen LogP contribution in [0.15, 0.2) is 29.3 Å². The molecular formula is C13H17N3. The molecule has 3 nitrogen and oxygen atoms in total. The van der Waals surface area contributed by atoms with Crippen molar-refractivity contribution in [3.63, 3.8) is 0 Å². The number of nitrogens with zero attached hydrogens (tertiary/aromatic N) is 2. The lowest BCUT2D eigenvalue weighted by molar-refractivity contribution is 0.626. The van der Waals surface area contributed by atoms with Crippen molar-refractivity contribution in [1.82, 2.24) is 0 Å². The second-order valence-electron chi connectivity index (χ2n) is 4.76. The van der Waals surface area contributed by atoms with Gasteiger partial charge in [0.15, 0.2) is 5.96 Å². The number of aliphatic imine (C=N–C) groups is 1. The zero-order valence-corrected chi connectivity index (χ0v) is 9.56. The lowest BCUT2D eigenvalue weighted by Gasteiger charge is -2.27. The van der Waals surface area contributed by atoms with Crippen LogP contribution in [0.5, 0.6) is 0 Å². The van der Waals surface area contributed by atoms with Gasteiger partial charge in [-0.2, -0.15) is 0 Å². The Balaban J connectivity index is 1.97. The Morgan fingerprint density at radius 3 is 2.75 bits per heavy atom. The molecule has 1 saturated carbocycles. The second-order valence-corrected chi connectivity index (χ2v) is 4.76. The van der Waals surface area contributed by atoms with E-state index in [4.69, 9.17) is 5.73 Å². The SMILES string of the molecule is Cc1ccccc1N1C(N)=NCC1C1CC1. The van der Waals surface area contributed by atoms with Crippen LogP contribution in [-0.2, 0) is 0 Å². The van der Waals surface area contributed by atoms with Gasteiger partial charge in [0, 0.05) is 5.69 Å². The molecule has 1 aromatic rings. The largest absolute Gasteiger partial charge is 0.370 e. The zero-order valence-electron chi connectivity index (χ0n) is 9.56. The van der Waals surface area contributed by atoms with Crippen molar-refractivity contribution < 1.29 is 0 Å². The van der Waals surface area contributed by atoms with Crippen molar-refractivity contribution in [2.75, 3.05) is 11.4 Å². The molecule has 1 fully saturated rings. The van der Waals surface area contributed by atoms with Crippen molar-refractivity contribution in [1.29, 1.82) is 0 Å². The normalized spacial score (nSPS) is 24.7. The van der Waals surface area contributed by atoms with Gasteiger partial charge in [-0.25, -0.2) is 0 Å². The lowest BCUT2D eigenvalue weighted by atomic mass is 10.1. The fourth-order valence-electron chi connectivity index (χ4n) is 2.49. The Hall–Kier alpha value is -1.51. The number of para-hydroxylation sites is 1. The first-order valence-electron chi connectivity index (χ1n) is 5.92. The van der Waals surface area contributed by atoms with Crippen LogP contribution >= 0.6 is 0 Å². The number of guanidine groups is 1. The topological polar surface area (TPSA) is 41.6 Å². The van der Waals surface area contributed by atoms with Gasteiger partial charge in [0.25, 0.3) is 0 Å². The van der Waals surface area contributed by atoms with Gasteiger partial charge in [-0.05, 0) is 37.3 Å². The molecule has 0 spiro atoms. The Morgan fingerprint density at radius 2 is 2.06 bits per heavy atom. The summed E-state index contributed by atoms with van der Waals surface area (Å²) in [5.41, 5.74) is 8.50. The summed E-state index contributed by atoms with van der Waals surface area (Å²) in [6, 6.07) is 8.90. The van der Waals surface area contributed by atoms with Crippen LogP contribution in [0, 0.1) is 12.8 Å². The number of hydrogen-bond donors (Lipinski definition) is 1. The van der Waals surface area contributed by atoms with E-state index in [2.05, 4.69) is 41.1 Å². The van der Waals surface area contributed by atoms with E-state index >= 15 is 0 Å². The molecule has 2 N–H and O–H groups in total. The zero-order chi connectivity index (χ0) is 11.1. The molecular weight excluding hydrogens is 198 g/mol. The highest BCUT2D eigenvalue weighted by Gasteiger charge is 2.39. The molecule has 0 saturated heterocycles. The van der Waals surface area contributed by atoms with Gasteiger partial charge in [0.2, 0.25) is 0 Å². The molecule has 0 bridgehead atoms. The molecule has 3 rings (SSSR count). The summed E-state index contributed by atoms with van der Waals surface area (Å²) in [5, 5.41) is 0. The Kier molecular flexibility index (Phi) is 2.13. The highest BCUT2D eigenvalue weighted by molar-refractivity contribution is 5.98. The summed E-state index contributed by atoms with van der Waals surface area (Å²) < 4.78 is 0. The molecule has 0 radical (unpaired) electrons. The van der Waals surface area contributed by atoms with Crippen LogP contribution in [-0.4, -0.2) is 18.5 Å². The number of nitrogens with two attached hydrogens (primary N) is 1. The first kappa shape index (κ1) is 9.70. The summed E-state index contributed by atoms with van der Waals surface area (Å²) >= 11 is 0. The van der Waals surface area contributed by atoms with E-state index in [-0.39, 0.29) is 0 Å². The molecule has 1 aliphatic carbocycles. The van der Waals surface area contributed by atoms with Crippen LogP contribution in [0.1, 0.15) is 18.4 Å². The van der Waals surface area contributed by atoms with Gasteiger partial charge >= 0.3 is 0 Å². The molecule has 1 aromatic carbocycles. The monoisotopic (exact) mass is 215 g/mol. The highest BCUT2D eigenvalue weighted by atomic mass is 15.3. The van der Waals surface area contributed by atoms with Crippen LogP contribution in [0.3, 0.4) is 0 Å². The van der Waals surface area contributed by atoms with Gasteiger partial charge in [-0.3, -0.25) is 4.99 Å². The van der Waals surface area contributed by atoms with E-state index in [1.807, 2.05) is 0 Å². The fraction of sp³-hybridized carbons (Fsp3) is 0.462. The van der Waals surface area contributed by atoms with E-state index in [1.54, 1.807) is 0 Å². The van der Waals surface area contributed by atoms with Gasteiger partial charge in [-0.1, -0.05) is 18.2 Å². The molecule has 16 heavy (non-hydrogen) atoms. The highest BCUT2D eigenvalue weighted by Crippen LogP contribution is 2.39. The number of rotatable bonds is 2. The third-order valence-electron chi connectivity index (χ3n) is 3.56. The minimum Gasteiger partial charge on any atom is -0.370 e. The molecule has 1 aliphatic heterocycles. The molecule has 0 amide bonds. The van der Waals surface area contributed by atoms with Gasteiger partial charge in [0.1, 0.15) is 0 Å². The maximum absolute atomic E-state index is 6.01. The van der Waals surface area contributed by atoms with Crippen molar-refractivity contribution in [3.05, 3.63) is 29.8 Å². The minimum atomic E-state index is 0.501. The van der Waals surface area contributed by atoms with Crippen molar-refractivity contribution in [2.45, 2.75) is 25.8 Å². The van der Waals surface area contributed by atoms with E-state index < -0.39 is 0 Å². The summed E-state index contributed by atoms with van der Waals surface area (Å²) in [5.74, 6) is 1.48. The number of anilines is 1. The van der Waals surface area contributed by atoms with Gasteiger partial charge in [0.05, 0.1) is 12.6 Å². The molecule has 3 heteroatoms. The second kappa shape index (κ2) is 3.51. The van der Waals surface area contributed by atoms with Crippen LogP contribution in [0.2, 0.25) is 0 Å². The fourth-order valence-corrected chi connectivity index (χ4v) is 2.49. The van der Waals surface area contributed by atoms with E-state index in [0.717, 1.165) is 12.5 Å². The van der Waals surface area contributed by atoms with E-state index in [1.165, 1.54) is 24.1 Å². The van der Waals surface area contributed by atoms with Gasteiger partial charge in [-0.15, -0.1) is 0 Å². The van der Waals surface area contributed by atoms with Crippen LogP contribution in [0.25, 0.3) is 0 Å². The Morgan fingerprint density at radius 1 is 1.31 bits per heavy atom. The molecule has 1 unspecified atom stereocenters. The summed E-state index contributed by atoms with van der Waals surface area (Å²) in [4.78, 5) is 6.63. The third kappa shape index (κ3) is 1.47. The Labute approximate surface area is 96.0 Å². The average Bonchev–Trinajstić information content (AvgIpc) is 3.04. The predicted molar refractivity (Wildman–Crippen MR) is 66.7 cm³/mol. The Bertz CT molecular complexity index is 435. The van der Waals surface area contributed by atoms with Crippen LogP contribution in [0.4, 0.5) is 5.69 Å². The lowest BCUT2D eigenvalue weighted by Crippen LogP contribution is -2.42. The summed E-state index contributed by atoms with van der Waals surface area (Å²) in [6.07, 6.45) is 2.66. The van der Waals surface area contributed by atoms with Crippen molar-refractivity contribution >= 4 is 11.6 Å². The van der Waals surface area contributed by atoms with Crippen molar-refractivity contribution in [2.24, 2.45) is 16.6 Å². The number of aryl methyl sites for hydroxylation is 1. The van der Waals surface area contributed by atoms with Crippen LogP contribution < -0.4 is 10.6 Å². The molecule has 84 valence electrons. The third-order valence-corrected chi connectivity index (χ3v) is 3.56. The molecule has 1 heterocycles. The predicted octanol–water partition coefficient (Wildman–Crippen LogP) is 1.91. The summed E-state index contributed by atoms with van der Waals surface area (Å²) in [7, 11) is 0. The summed E-state index contributed by atoms with van der Waals surface area (Å²) in [6.45, 7) is 3.00. The number of benzene rings is 1. The van der Waals surface area contributed by atoms with E-state index in [9.17, 15) is 0 Å². The van der Waals surface area contributed by atoms with Crippen molar-refractivity contribution in [3.8, 4) is 0 Å². The first-order valence-corrected chi connectivity index (χ1v) is 5.92. The quantitative estimate of drug-likeness (QED) is 0.818. The first-order chi connectivity index (χ1) is 7.77. The standard InChI is InChI=1S/C13H17N3/c1-9-4-2-3-5-11(9)16-12(10-6-7-10)8-15-13(16)14/h2-5,10,12H,6-8H2,1H3,(H2,14,15). The number of hydrogen-bond acceptors (Lipinski definition) is 3. The average molecular weight is 215 g/mol. The maximum atomic E-state index is 6.01. The molecule has 2 aliphatic rings. The van der Waals surface area contributed by atoms with Gasteiger partial charge < -0.3 is 10.6 Å². The maximum Gasteiger partial charge on any atom is 0.196 e. The molecule has 1 atom stereocenters. The molecule has 0 aromatic heterocycles. The van der Waals surface area contributed by atoms with E-state index in [0.29, 0.717) is 12.0 Å².